The van der Waals surface area contributed by atoms with E-state index in [4.69, 9.17) is 9.47 Å². The zero-order chi connectivity index (χ0) is 19.2. The van der Waals surface area contributed by atoms with Gasteiger partial charge in [0.25, 0.3) is 5.91 Å². The van der Waals surface area contributed by atoms with Gasteiger partial charge in [-0.1, -0.05) is 30.3 Å². The van der Waals surface area contributed by atoms with Crippen LogP contribution in [0.25, 0.3) is 11.0 Å². The molecule has 0 unspecified atom stereocenters. The van der Waals surface area contributed by atoms with Crippen LogP contribution in [0.3, 0.4) is 0 Å². The van der Waals surface area contributed by atoms with Crippen LogP contribution in [-0.2, 0) is 16.1 Å². The van der Waals surface area contributed by atoms with E-state index < -0.39 is 0 Å². The third-order valence-corrected chi connectivity index (χ3v) is 4.76. The Hall–Kier alpha value is -2.90. The van der Waals surface area contributed by atoms with E-state index in [1.165, 1.54) is 0 Å². The van der Waals surface area contributed by atoms with Gasteiger partial charge in [0, 0.05) is 26.2 Å². The molecule has 0 bridgehead atoms. The molecule has 1 saturated heterocycles. The van der Waals surface area contributed by atoms with E-state index in [1.807, 2.05) is 54.6 Å². The molecule has 0 saturated carbocycles. The van der Waals surface area contributed by atoms with Crippen LogP contribution in [0.5, 0.6) is 5.75 Å². The second-order valence-electron chi connectivity index (χ2n) is 6.68. The molecule has 2 aromatic carbocycles. The molecule has 1 aliphatic rings. The molecular formula is C21H24N4O3. The molecule has 146 valence electrons. The average Bonchev–Trinajstić information content (AvgIpc) is 3.09. The number of nitrogens with zero attached hydrogens (tertiary/aromatic N) is 3. The molecule has 28 heavy (non-hydrogen) atoms. The minimum Gasteiger partial charge on any atom is -0.484 e. The first-order valence-corrected chi connectivity index (χ1v) is 9.53. The zero-order valence-corrected chi connectivity index (χ0v) is 15.7. The van der Waals surface area contributed by atoms with Crippen LogP contribution in [0.1, 0.15) is 0 Å². The average molecular weight is 380 g/mol. The monoisotopic (exact) mass is 380 g/mol. The minimum atomic E-state index is -0.230. The van der Waals surface area contributed by atoms with Crippen molar-refractivity contribution in [3.63, 3.8) is 0 Å². The Kier molecular flexibility index (Phi) is 5.84. The highest BCUT2D eigenvalue weighted by Gasteiger charge is 2.16. The normalized spacial score (nSPS) is 14.9. The second-order valence-corrected chi connectivity index (χ2v) is 6.68. The van der Waals surface area contributed by atoms with Crippen molar-refractivity contribution in [2.24, 2.45) is 0 Å². The van der Waals surface area contributed by atoms with E-state index in [9.17, 15) is 4.79 Å². The minimum absolute atomic E-state index is 0.0588. The summed E-state index contributed by atoms with van der Waals surface area (Å²) in [4.78, 5) is 19.4. The maximum atomic E-state index is 12.4. The van der Waals surface area contributed by atoms with Crippen LogP contribution in [0.2, 0.25) is 0 Å². The van der Waals surface area contributed by atoms with Gasteiger partial charge < -0.3 is 14.0 Å². The number of rotatable bonds is 7. The van der Waals surface area contributed by atoms with Gasteiger partial charge >= 0.3 is 0 Å². The number of fused-ring (bicyclic) bond motifs is 1. The Morgan fingerprint density at radius 2 is 1.79 bits per heavy atom. The Bertz CT molecular complexity index is 920. The fourth-order valence-electron chi connectivity index (χ4n) is 3.29. The molecule has 1 fully saturated rings. The number of benzene rings is 2. The summed E-state index contributed by atoms with van der Waals surface area (Å²) in [6.45, 7) is 4.97. The first-order chi connectivity index (χ1) is 13.8. The Balaban J connectivity index is 1.45. The van der Waals surface area contributed by atoms with Gasteiger partial charge in [0.2, 0.25) is 5.95 Å². The van der Waals surface area contributed by atoms with E-state index in [0.717, 1.165) is 50.4 Å². The van der Waals surface area contributed by atoms with Crippen LogP contribution in [0, 0.1) is 0 Å². The van der Waals surface area contributed by atoms with Crippen LogP contribution in [-0.4, -0.2) is 59.8 Å². The molecule has 0 spiro atoms. The largest absolute Gasteiger partial charge is 0.484 e. The summed E-state index contributed by atoms with van der Waals surface area (Å²) in [7, 11) is 0. The number of aromatic nitrogens is 2. The molecule has 1 amide bonds. The Morgan fingerprint density at radius 1 is 1.04 bits per heavy atom. The van der Waals surface area contributed by atoms with Gasteiger partial charge in [0.05, 0.1) is 24.2 Å². The molecule has 0 aliphatic carbocycles. The van der Waals surface area contributed by atoms with Crippen molar-refractivity contribution in [3.05, 3.63) is 54.6 Å². The first-order valence-electron chi connectivity index (χ1n) is 9.53. The van der Waals surface area contributed by atoms with E-state index in [-0.39, 0.29) is 12.5 Å². The molecule has 1 N–H and O–H groups in total. The Morgan fingerprint density at radius 3 is 2.61 bits per heavy atom. The summed E-state index contributed by atoms with van der Waals surface area (Å²) in [5, 5.41) is 2.90. The molecule has 2 heterocycles. The topological polar surface area (TPSA) is 68.6 Å². The van der Waals surface area contributed by atoms with Crippen molar-refractivity contribution in [2.75, 3.05) is 44.8 Å². The van der Waals surface area contributed by atoms with Crippen LogP contribution in [0.4, 0.5) is 5.95 Å². The first kappa shape index (κ1) is 18.5. The number of morpholine rings is 1. The maximum absolute atomic E-state index is 12.4. The number of carbonyl (C=O) groups excluding carboxylic acids is 1. The number of hydrogen-bond acceptors (Lipinski definition) is 5. The third-order valence-electron chi connectivity index (χ3n) is 4.76. The lowest BCUT2D eigenvalue weighted by molar-refractivity contribution is -0.118. The highest BCUT2D eigenvalue weighted by molar-refractivity contribution is 5.92. The standard InChI is InChI=1S/C21H24N4O3/c26-20(16-28-17-6-2-1-3-7-17)23-21-22-18-8-4-5-9-19(18)25(21)11-10-24-12-14-27-15-13-24/h1-9H,10-16H2,(H,22,23,26). The number of imidazole rings is 1. The smallest absolute Gasteiger partial charge is 0.264 e. The van der Waals surface area contributed by atoms with Gasteiger partial charge in [0.1, 0.15) is 5.75 Å². The van der Waals surface area contributed by atoms with Gasteiger partial charge in [-0.2, -0.15) is 0 Å². The molecule has 0 radical (unpaired) electrons. The number of anilines is 1. The molecule has 4 rings (SSSR count). The maximum Gasteiger partial charge on any atom is 0.264 e. The molecule has 7 heteroatoms. The van der Waals surface area contributed by atoms with E-state index in [0.29, 0.717) is 11.7 Å². The van der Waals surface area contributed by atoms with E-state index >= 15 is 0 Å². The van der Waals surface area contributed by atoms with Crippen molar-refractivity contribution in [2.45, 2.75) is 6.54 Å². The van der Waals surface area contributed by atoms with Crippen molar-refractivity contribution in [3.8, 4) is 5.75 Å². The number of para-hydroxylation sites is 3. The van der Waals surface area contributed by atoms with Gasteiger partial charge in [-0.25, -0.2) is 4.98 Å². The number of ether oxygens (including phenoxy) is 2. The van der Waals surface area contributed by atoms with Crippen LogP contribution >= 0.6 is 0 Å². The van der Waals surface area contributed by atoms with Gasteiger partial charge in [-0.3, -0.25) is 15.0 Å². The zero-order valence-electron chi connectivity index (χ0n) is 15.7. The molecule has 0 atom stereocenters. The lowest BCUT2D eigenvalue weighted by Gasteiger charge is -2.26. The predicted octanol–water partition coefficient (Wildman–Crippen LogP) is 2.39. The number of hydrogen-bond donors (Lipinski definition) is 1. The molecule has 1 aliphatic heterocycles. The van der Waals surface area contributed by atoms with Gasteiger partial charge in [-0.05, 0) is 24.3 Å². The fraction of sp³-hybridized carbons (Fsp3) is 0.333. The molecule has 1 aromatic heterocycles. The quantitative estimate of drug-likeness (QED) is 0.682. The summed E-state index contributed by atoms with van der Waals surface area (Å²) in [6.07, 6.45) is 0. The predicted molar refractivity (Wildman–Crippen MR) is 108 cm³/mol. The summed E-state index contributed by atoms with van der Waals surface area (Å²) >= 11 is 0. The van der Waals surface area contributed by atoms with Crippen molar-refractivity contribution in [1.29, 1.82) is 0 Å². The van der Waals surface area contributed by atoms with Crippen molar-refractivity contribution in [1.82, 2.24) is 14.5 Å². The SMILES string of the molecule is O=C(COc1ccccc1)Nc1nc2ccccc2n1CCN1CCOCC1. The van der Waals surface area contributed by atoms with Gasteiger partial charge in [-0.15, -0.1) is 0 Å². The number of carbonyl (C=O) groups is 1. The number of amides is 1. The van der Waals surface area contributed by atoms with Gasteiger partial charge in [0.15, 0.2) is 6.61 Å². The highest BCUT2D eigenvalue weighted by atomic mass is 16.5. The Labute approximate surface area is 163 Å². The lowest BCUT2D eigenvalue weighted by atomic mass is 10.3. The molecular weight excluding hydrogens is 356 g/mol. The summed E-state index contributed by atoms with van der Waals surface area (Å²) in [5.74, 6) is 0.987. The fourth-order valence-corrected chi connectivity index (χ4v) is 3.29. The highest BCUT2D eigenvalue weighted by Crippen LogP contribution is 2.20. The van der Waals surface area contributed by atoms with E-state index in [1.54, 1.807) is 0 Å². The van der Waals surface area contributed by atoms with Crippen molar-refractivity contribution >= 4 is 22.9 Å². The lowest BCUT2D eigenvalue weighted by Crippen LogP contribution is -2.38. The van der Waals surface area contributed by atoms with E-state index in [2.05, 4.69) is 19.8 Å². The molecule has 3 aromatic rings. The number of nitrogens with one attached hydrogen (secondary N) is 1. The van der Waals surface area contributed by atoms with Crippen LogP contribution in [0.15, 0.2) is 54.6 Å². The third kappa shape index (κ3) is 4.49. The second kappa shape index (κ2) is 8.86. The molecule has 7 nitrogen and oxygen atoms in total. The summed E-state index contributed by atoms with van der Waals surface area (Å²) in [5.41, 5.74) is 1.87. The summed E-state index contributed by atoms with van der Waals surface area (Å²) in [6, 6.07) is 17.2. The van der Waals surface area contributed by atoms with Crippen molar-refractivity contribution < 1.29 is 14.3 Å². The van der Waals surface area contributed by atoms with Crippen LogP contribution < -0.4 is 10.1 Å². The summed E-state index contributed by atoms with van der Waals surface area (Å²) < 4.78 is 13.0.